The molecule has 2 rings (SSSR count). The van der Waals surface area contributed by atoms with Gasteiger partial charge in [0.05, 0.1) is 10.6 Å². The Morgan fingerprint density at radius 2 is 1.79 bits per heavy atom. The zero-order valence-electron chi connectivity index (χ0n) is 16.2. The smallest absolute Gasteiger partial charge is 0.269 e. The van der Waals surface area contributed by atoms with Crippen LogP contribution in [-0.4, -0.2) is 22.4 Å². The minimum absolute atomic E-state index is 0.0307. The number of rotatable bonds is 8. The predicted molar refractivity (Wildman–Crippen MR) is 112 cm³/mol. The summed E-state index contributed by atoms with van der Waals surface area (Å²) in [5, 5.41) is 17.4. The molecule has 0 aromatic heterocycles. The molecular weight excluding hydrogens is 372 g/mol. The summed E-state index contributed by atoms with van der Waals surface area (Å²) in [7, 11) is 0. The Bertz CT molecular complexity index is 952. The average molecular weight is 394 g/mol. The first-order chi connectivity index (χ1) is 13.8. The number of hydrogen-bond donors (Lipinski definition) is 2. The lowest BCUT2D eigenvalue weighted by Crippen LogP contribution is -2.21. The van der Waals surface area contributed by atoms with Crippen molar-refractivity contribution in [3.05, 3.63) is 75.8 Å². The summed E-state index contributed by atoms with van der Waals surface area (Å²) in [5.41, 5.74) is 5.05. The molecule has 0 saturated carbocycles. The van der Waals surface area contributed by atoms with Gasteiger partial charge in [0.2, 0.25) is 11.8 Å². The van der Waals surface area contributed by atoms with E-state index in [0.29, 0.717) is 17.0 Å². The summed E-state index contributed by atoms with van der Waals surface area (Å²) in [5.74, 6) is -0.741. The Morgan fingerprint density at radius 3 is 2.45 bits per heavy atom. The van der Waals surface area contributed by atoms with Crippen LogP contribution in [0, 0.1) is 17.0 Å². The molecule has 8 nitrogen and oxygen atoms in total. The molecule has 0 bridgehead atoms. The van der Waals surface area contributed by atoms with E-state index in [1.165, 1.54) is 18.2 Å². The van der Waals surface area contributed by atoms with Gasteiger partial charge in [0.1, 0.15) is 0 Å². The van der Waals surface area contributed by atoms with Crippen LogP contribution in [0.1, 0.15) is 30.9 Å². The molecule has 0 radical (unpaired) electrons. The zero-order valence-corrected chi connectivity index (χ0v) is 16.2. The van der Waals surface area contributed by atoms with E-state index in [2.05, 4.69) is 15.8 Å². The van der Waals surface area contributed by atoms with Gasteiger partial charge in [-0.2, -0.15) is 5.10 Å². The fraction of sp³-hybridized carbons (Fsp3) is 0.190. The van der Waals surface area contributed by atoms with Crippen LogP contribution in [0.25, 0.3) is 6.08 Å². The molecule has 8 heteroatoms. The first-order valence-corrected chi connectivity index (χ1v) is 8.96. The van der Waals surface area contributed by atoms with E-state index in [1.807, 2.05) is 36.4 Å². The molecule has 2 aromatic carbocycles. The van der Waals surface area contributed by atoms with Crippen molar-refractivity contribution < 1.29 is 14.5 Å². The van der Waals surface area contributed by atoms with Crippen LogP contribution in [0.3, 0.4) is 0 Å². The first kappa shape index (κ1) is 21.5. The minimum atomic E-state index is -0.500. The molecule has 0 saturated heterocycles. The number of allylic oxidation sites excluding steroid dienone is 1. The van der Waals surface area contributed by atoms with E-state index in [-0.39, 0.29) is 30.3 Å². The Balaban J connectivity index is 1.79. The van der Waals surface area contributed by atoms with E-state index < -0.39 is 4.92 Å². The average Bonchev–Trinajstić information content (AvgIpc) is 2.71. The quantitative estimate of drug-likeness (QED) is 0.402. The molecule has 0 aliphatic carbocycles. The number of carbonyl (C=O) groups excluding carboxylic acids is 2. The molecule has 0 aliphatic heterocycles. The molecule has 0 aliphatic rings. The van der Waals surface area contributed by atoms with Crippen LogP contribution in [-0.2, 0) is 9.59 Å². The van der Waals surface area contributed by atoms with E-state index in [0.717, 1.165) is 5.56 Å². The number of nitro benzene ring substituents is 1. The van der Waals surface area contributed by atoms with Gasteiger partial charge in [-0.25, -0.2) is 5.43 Å². The highest BCUT2D eigenvalue weighted by Gasteiger charge is 2.11. The number of non-ortho nitro benzene ring substituents is 1. The van der Waals surface area contributed by atoms with Crippen LogP contribution in [0.15, 0.2) is 59.7 Å². The molecular formula is C21H22N4O4. The second-order valence-corrected chi connectivity index (χ2v) is 6.34. The van der Waals surface area contributed by atoms with Crippen LogP contribution in [0.4, 0.5) is 11.4 Å². The fourth-order valence-electron chi connectivity index (χ4n) is 2.37. The van der Waals surface area contributed by atoms with Crippen molar-refractivity contribution in [3.8, 4) is 0 Å². The van der Waals surface area contributed by atoms with Crippen molar-refractivity contribution in [2.24, 2.45) is 5.10 Å². The van der Waals surface area contributed by atoms with E-state index >= 15 is 0 Å². The van der Waals surface area contributed by atoms with E-state index in [1.54, 1.807) is 19.9 Å². The number of nitrogens with zero attached hydrogens (tertiary/aromatic N) is 2. The minimum Gasteiger partial charge on any atom is -0.326 e. The highest BCUT2D eigenvalue weighted by Crippen LogP contribution is 2.21. The van der Waals surface area contributed by atoms with Crippen molar-refractivity contribution in [2.45, 2.75) is 26.7 Å². The van der Waals surface area contributed by atoms with Crippen LogP contribution in [0.2, 0.25) is 0 Å². The zero-order chi connectivity index (χ0) is 21.2. The number of nitrogens with one attached hydrogen (secondary N) is 2. The van der Waals surface area contributed by atoms with Crippen LogP contribution in [0.5, 0.6) is 0 Å². The topological polar surface area (TPSA) is 114 Å². The number of hydrazone groups is 1. The summed E-state index contributed by atoms with van der Waals surface area (Å²) in [6.45, 7) is 3.42. The lowest BCUT2D eigenvalue weighted by Gasteiger charge is -2.08. The summed E-state index contributed by atoms with van der Waals surface area (Å²) < 4.78 is 0. The highest BCUT2D eigenvalue weighted by atomic mass is 16.6. The number of benzene rings is 2. The van der Waals surface area contributed by atoms with Crippen molar-refractivity contribution in [1.29, 1.82) is 0 Å². The maximum atomic E-state index is 12.0. The molecule has 0 heterocycles. The molecule has 2 amide bonds. The van der Waals surface area contributed by atoms with Crippen molar-refractivity contribution in [3.63, 3.8) is 0 Å². The first-order valence-electron chi connectivity index (χ1n) is 8.96. The third-order valence-electron chi connectivity index (χ3n) is 3.95. The molecule has 0 spiro atoms. The van der Waals surface area contributed by atoms with Gasteiger partial charge in [0.15, 0.2) is 0 Å². The van der Waals surface area contributed by atoms with Gasteiger partial charge in [-0.15, -0.1) is 0 Å². The van der Waals surface area contributed by atoms with Crippen molar-refractivity contribution >= 4 is 35.0 Å². The Kier molecular flexibility index (Phi) is 7.78. The third-order valence-corrected chi connectivity index (χ3v) is 3.95. The van der Waals surface area contributed by atoms with Crippen molar-refractivity contribution in [1.82, 2.24) is 5.43 Å². The molecule has 2 aromatic rings. The van der Waals surface area contributed by atoms with Crippen LogP contribution < -0.4 is 10.7 Å². The SMILES string of the molecule is CC(C=Cc1ccccc1)=NNC(=O)CCC(=O)Nc1ccc([N+](=O)[O-])cc1C. The molecule has 29 heavy (non-hydrogen) atoms. The maximum absolute atomic E-state index is 12.0. The number of amides is 2. The molecule has 150 valence electrons. The summed E-state index contributed by atoms with van der Waals surface area (Å²) >= 11 is 0. The summed E-state index contributed by atoms with van der Waals surface area (Å²) in [6, 6.07) is 13.9. The monoisotopic (exact) mass is 394 g/mol. The Morgan fingerprint density at radius 1 is 1.10 bits per heavy atom. The molecule has 0 unspecified atom stereocenters. The largest absolute Gasteiger partial charge is 0.326 e. The van der Waals surface area contributed by atoms with Gasteiger partial charge in [0, 0.05) is 30.7 Å². The van der Waals surface area contributed by atoms with E-state index in [9.17, 15) is 19.7 Å². The number of nitro groups is 1. The predicted octanol–water partition coefficient (Wildman–Crippen LogP) is 3.83. The van der Waals surface area contributed by atoms with Gasteiger partial charge in [-0.1, -0.05) is 36.4 Å². The maximum Gasteiger partial charge on any atom is 0.269 e. The number of carbonyl (C=O) groups is 2. The lowest BCUT2D eigenvalue weighted by molar-refractivity contribution is -0.384. The lowest BCUT2D eigenvalue weighted by atomic mass is 10.1. The standard InChI is InChI=1S/C21H22N4O4/c1-15-14-18(25(28)29)10-11-19(15)22-20(26)12-13-21(27)24-23-16(2)8-9-17-6-4-3-5-7-17/h3-11,14H,12-13H2,1-2H3,(H,22,26)(H,24,27). The summed E-state index contributed by atoms with van der Waals surface area (Å²) in [6.07, 6.45) is 3.60. The molecule has 0 atom stereocenters. The number of hydrogen-bond acceptors (Lipinski definition) is 5. The van der Waals surface area contributed by atoms with Gasteiger partial charge < -0.3 is 5.32 Å². The second kappa shape index (κ2) is 10.5. The van der Waals surface area contributed by atoms with Gasteiger partial charge >= 0.3 is 0 Å². The van der Waals surface area contributed by atoms with Gasteiger partial charge in [-0.3, -0.25) is 19.7 Å². The fourth-order valence-corrected chi connectivity index (χ4v) is 2.37. The molecule has 0 fully saturated rings. The van der Waals surface area contributed by atoms with Gasteiger partial charge in [-0.05, 0) is 37.1 Å². The normalized spacial score (nSPS) is 11.3. The van der Waals surface area contributed by atoms with E-state index in [4.69, 9.17) is 0 Å². The van der Waals surface area contributed by atoms with Crippen LogP contribution >= 0.6 is 0 Å². The second-order valence-electron chi connectivity index (χ2n) is 6.34. The highest BCUT2D eigenvalue weighted by molar-refractivity contribution is 5.97. The Hall–Kier alpha value is -3.81. The van der Waals surface area contributed by atoms with Gasteiger partial charge in [0.25, 0.3) is 5.69 Å². The van der Waals surface area contributed by atoms with Crippen molar-refractivity contribution in [2.75, 3.05) is 5.32 Å². The summed E-state index contributed by atoms with van der Waals surface area (Å²) in [4.78, 5) is 34.1. The Labute approximate surface area is 168 Å². The number of anilines is 1. The number of aryl methyl sites for hydroxylation is 1. The third kappa shape index (κ3) is 7.37. The molecule has 2 N–H and O–H groups in total.